The number of nitrogens with zero attached hydrogens (tertiary/aromatic N) is 7. The van der Waals surface area contributed by atoms with Crippen LogP contribution in [0.5, 0.6) is 0 Å². The molecule has 0 bridgehead atoms. The summed E-state index contributed by atoms with van der Waals surface area (Å²) in [5, 5.41) is 2.76. The smallest absolute Gasteiger partial charge is 0.262 e. The number of carbonyl (C=O) groups is 5. The number of amides is 5. The average Bonchev–Trinajstić information content (AvgIpc) is 3.78. The van der Waals surface area contributed by atoms with Gasteiger partial charge in [0.2, 0.25) is 17.5 Å². The summed E-state index contributed by atoms with van der Waals surface area (Å²) in [6, 6.07) is 15.8. The summed E-state index contributed by atoms with van der Waals surface area (Å²) in [5.41, 5.74) is 4.40. The number of halogens is 2. The third-order valence-corrected chi connectivity index (χ3v) is 14.6. The Bertz CT molecular complexity index is 2330. The van der Waals surface area contributed by atoms with Gasteiger partial charge in [0.05, 0.1) is 22.7 Å². The average molecular weight is 849 g/mol. The van der Waals surface area contributed by atoms with Crippen molar-refractivity contribution in [2.75, 3.05) is 86.7 Å². The first-order chi connectivity index (χ1) is 29.3. The molecule has 15 heteroatoms. The molecule has 318 valence electrons. The van der Waals surface area contributed by atoms with Gasteiger partial charge in [-0.25, -0.2) is 9.24 Å². The van der Waals surface area contributed by atoms with Crippen LogP contribution in [0.25, 0.3) is 4.85 Å². The molecule has 6 aliphatic heterocycles. The number of alkyl halides is 1. The summed E-state index contributed by atoms with van der Waals surface area (Å²) >= 11 is 6.50. The minimum atomic E-state index is -1.39. The Morgan fingerprint density at radius 1 is 0.803 bits per heavy atom. The van der Waals surface area contributed by atoms with Gasteiger partial charge in [-0.15, -0.1) is 0 Å². The molecular formula is C46H50ClFN8O5. The van der Waals surface area contributed by atoms with E-state index in [9.17, 15) is 24.0 Å². The summed E-state index contributed by atoms with van der Waals surface area (Å²) in [6.45, 7) is 16.7. The van der Waals surface area contributed by atoms with Gasteiger partial charge >= 0.3 is 0 Å². The summed E-state index contributed by atoms with van der Waals surface area (Å²) < 4.78 is 16.3. The van der Waals surface area contributed by atoms with Crippen molar-refractivity contribution in [3.05, 3.63) is 93.3 Å². The van der Waals surface area contributed by atoms with E-state index in [4.69, 9.17) is 18.2 Å². The predicted molar refractivity (Wildman–Crippen MR) is 230 cm³/mol. The standard InChI is InChI=1S/C46H50ClFN8O5/c1-30-37(10-9-36(49-2)40(30)47)55-20-15-45(28-55)13-18-52(19-14-45)32-5-3-31(4-6-32)42(59)54-25-23-51(24-26-54)29-46(48)16-21-53(22-17-46)33-7-8-34-35(27-33)44(61)56(43(34)60)38-11-12-39(57)50-41(38)58/h3-10,27,38H,11-26,28-29H2,1H3,(H,50,57,58). The molecule has 6 aliphatic rings. The number of carbonyl (C=O) groups excluding carboxylic acids is 5. The predicted octanol–water partition coefficient (Wildman–Crippen LogP) is 5.86. The quantitative estimate of drug-likeness (QED) is 0.230. The second-order valence-electron chi connectivity index (χ2n) is 17.7. The van der Waals surface area contributed by atoms with Crippen LogP contribution >= 0.6 is 11.6 Å². The first-order valence-corrected chi connectivity index (χ1v) is 21.8. The van der Waals surface area contributed by atoms with Gasteiger partial charge in [-0.3, -0.25) is 39.1 Å². The number of piperazine rings is 1. The van der Waals surface area contributed by atoms with Crippen LogP contribution in [0.15, 0.2) is 54.6 Å². The zero-order chi connectivity index (χ0) is 42.6. The fourth-order valence-electron chi connectivity index (χ4n) is 10.4. The van der Waals surface area contributed by atoms with E-state index in [0.717, 1.165) is 73.0 Å². The largest absolute Gasteiger partial charge is 0.371 e. The number of fused-ring (bicyclic) bond motifs is 1. The Kier molecular flexibility index (Phi) is 10.8. The van der Waals surface area contributed by atoms with Crippen molar-refractivity contribution in [2.24, 2.45) is 5.41 Å². The van der Waals surface area contributed by atoms with Crippen molar-refractivity contribution in [3.63, 3.8) is 0 Å². The molecule has 13 nitrogen and oxygen atoms in total. The van der Waals surface area contributed by atoms with Crippen LogP contribution in [0.1, 0.15) is 81.6 Å². The molecule has 1 N–H and O–H groups in total. The van der Waals surface area contributed by atoms with Gasteiger partial charge in [0, 0.05) is 114 Å². The second kappa shape index (κ2) is 16.1. The molecule has 5 amide bonds. The lowest BCUT2D eigenvalue weighted by Gasteiger charge is -2.42. The van der Waals surface area contributed by atoms with Crippen molar-refractivity contribution >= 4 is 63.9 Å². The Hall–Kier alpha value is -5.52. The highest BCUT2D eigenvalue weighted by Gasteiger charge is 2.46. The van der Waals surface area contributed by atoms with Gasteiger partial charge < -0.3 is 19.6 Å². The molecule has 9 rings (SSSR count). The van der Waals surface area contributed by atoms with E-state index < -0.39 is 35.3 Å². The molecular weight excluding hydrogens is 799 g/mol. The molecule has 6 heterocycles. The van der Waals surface area contributed by atoms with Gasteiger partial charge in [0.25, 0.3) is 17.7 Å². The Balaban J connectivity index is 0.727. The zero-order valence-electron chi connectivity index (χ0n) is 34.4. The van der Waals surface area contributed by atoms with Crippen LogP contribution in [-0.4, -0.2) is 128 Å². The first kappa shape index (κ1) is 40.9. The molecule has 0 radical (unpaired) electrons. The highest BCUT2D eigenvalue weighted by molar-refractivity contribution is 6.34. The third-order valence-electron chi connectivity index (χ3n) is 14.2. The van der Waals surface area contributed by atoms with E-state index in [2.05, 4.69) is 37.0 Å². The van der Waals surface area contributed by atoms with Crippen LogP contribution in [0, 0.1) is 18.9 Å². The van der Waals surface area contributed by atoms with Crippen LogP contribution in [0.4, 0.5) is 27.1 Å². The fourth-order valence-corrected chi connectivity index (χ4v) is 10.6. The van der Waals surface area contributed by atoms with E-state index in [-0.39, 0.29) is 41.8 Å². The molecule has 1 spiro atoms. The summed E-state index contributed by atoms with van der Waals surface area (Å²) in [5.74, 6) is -2.19. The van der Waals surface area contributed by atoms with Gasteiger partial charge in [-0.1, -0.05) is 17.7 Å². The van der Waals surface area contributed by atoms with Crippen LogP contribution in [-0.2, 0) is 9.59 Å². The minimum absolute atomic E-state index is 0.00676. The third kappa shape index (κ3) is 7.71. The molecule has 5 saturated heterocycles. The van der Waals surface area contributed by atoms with Gasteiger partial charge in [0.15, 0.2) is 0 Å². The van der Waals surface area contributed by atoms with Crippen LogP contribution in [0.3, 0.4) is 0 Å². The molecule has 61 heavy (non-hydrogen) atoms. The topological polar surface area (TPSA) is 121 Å². The number of hydrogen-bond donors (Lipinski definition) is 1. The number of rotatable bonds is 7. The van der Waals surface area contributed by atoms with E-state index in [1.807, 2.05) is 41.0 Å². The maximum atomic E-state index is 16.3. The number of imide groups is 2. The Morgan fingerprint density at radius 3 is 2.10 bits per heavy atom. The number of nitrogens with one attached hydrogen (secondary N) is 1. The van der Waals surface area contributed by atoms with E-state index >= 15 is 4.39 Å². The number of piperidine rings is 3. The first-order valence-electron chi connectivity index (χ1n) is 21.4. The Morgan fingerprint density at radius 2 is 1.43 bits per heavy atom. The SMILES string of the molecule is [C-]#[N+]c1ccc(N2CCC3(CCN(c4ccc(C(=O)N5CCN(CC6(F)CCN(c7ccc8c(c7)C(=O)N(C7CCC(=O)NC7=O)C8=O)CC6)CC5)cc4)CC3)C2)c(C)c1Cl. The summed E-state index contributed by atoms with van der Waals surface area (Å²) in [6.07, 6.45) is 4.07. The molecule has 5 fully saturated rings. The maximum Gasteiger partial charge on any atom is 0.262 e. The molecule has 1 unspecified atom stereocenters. The van der Waals surface area contributed by atoms with Crippen molar-refractivity contribution in [1.82, 2.24) is 20.0 Å². The van der Waals surface area contributed by atoms with Crippen molar-refractivity contribution < 1.29 is 28.4 Å². The lowest BCUT2D eigenvalue weighted by Crippen LogP contribution is -2.54. The van der Waals surface area contributed by atoms with Gasteiger partial charge in [-0.05, 0) is 92.1 Å². The van der Waals surface area contributed by atoms with Crippen molar-refractivity contribution in [3.8, 4) is 0 Å². The molecule has 0 saturated carbocycles. The molecule has 0 aromatic heterocycles. The van der Waals surface area contributed by atoms with Gasteiger partial charge in [0.1, 0.15) is 11.7 Å². The normalized spacial score (nSPS) is 22.8. The molecule has 0 aliphatic carbocycles. The van der Waals surface area contributed by atoms with Crippen molar-refractivity contribution in [2.45, 2.75) is 63.6 Å². The molecule has 3 aromatic rings. The van der Waals surface area contributed by atoms with Crippen LogP contribution in [0.2, 0.25) is 5.02 Å². The maximum absolute atomic E-state index is 16.3. The highest BCUT2D eigenvalue weighted by atomic mass is 35.5. The zero-order valence-corrected chi connectivity index (χ0v) is 35.2. The monoisotopic (exact) mass is 848 g/mol. The second-order valence-corrected chi connectivity index (χ2v) is 18.1. The number of hydrogen-bond acceptors (Lipinski definition) is 9. The van der Waals surface area contributed by atoms with Crippen molar-refractivity contribution in [1.29, 1.82) is 0 Å². The minimum Gasteiger partial charge on any atom is -0.371 e. The van der Waals surface area contributed by atoms with Gasteiger partial charge in [-0.2, -0.15) is 0 Å². The summed E-state index contributed by atoms with van der Waals surface area (Å²) in [4.78, 5) is 79.4. The molecule has 1 atom stereocenters. The number of benzene rings is 3. The Labute approximate surface area is 360 Å². The lowest BCUT2D eigenvalue weighted by molar-refractivity contribution is -0.136. The highest BCUT2D eigenvalue weighted by Crippen LogP contribution is 2.45. The fraction of sp³-hybridized carbons (Fsp3) is 0.478. The van der Waals surface area contributed by atoms with E-state index in [1.165, 1.54) is 0 Å². The number of anilines is 3. The van der Waals surface area contributed by atoms with E-state index in [1.54, 1.807) is 18.2 Å². The lowest BCUT2D eigenvalue weighted by atomic mass is 9.77. The van der Waals surface area contributed by atoms with E-state index in [0.29, 0.717) is 68.4 Å². The molecule has 3 aromatic carbocycles. The van der Waals surface area contributed by atoms with Crippen LogP contribution < -0.4 is 20.0 Å². The summed E-state index contributed by atoms with van der Waals surface area (Å²) in [7, 11) is 0.